The molecule has 4 rings (SSSR count). The van der Waals surface area contributed by atoms with Crippen LogP contribution in [0.25, 0.3) is 0 Å². The molecule has 0 saturated carbocycles. The van der Waals surface area contributed by atoms with Gasteiger partial charge in [0.15, 0.2) is 0 Å². The Morgan fingerprint density at radius 3 is 3.00 bits per heavy atom. The fraction of sp³-hybridized carbons (Fsp3) is 0.350. The summed E-state index contributed by atoms with van der Waals surface area (Å²) in [6.45, 7) is 1.93. The van der Waals surface area contributed by atoms with Crippen molar-refractivity contribution in [1.29, 1.82) is 5.26 Å². The van der Waals surface area contributed by atoms with Crippen molar-refractivity contribution in [1.82, 2.24) is 9.88 Å². The van der Waals surface area contributed by atoms with Crippen LogP contribution in [-0.4, -0.2) is 47.1 Å². The highest BCUT2D eigenvalue weighted by Crippen LogP contribution is 2.36. The summed E-state index contributed by atoms with van der Waals surface area (Å²) in [6, 6.07) is 13.3. The number of aromatic nitrogens is 1. The maximum Gasteiger partial charge on any atom is 0.254 e. The Kier molecular flexibility index (Phi) is 4.31. The van der Waals surface area contributed by atoms with Gasteiger partial charge in [0, 0.05) is 36.6 Å². The largest absolute Gasteiger partial charge is 0.380 e. The highest BCUT2D eigenvalue weighted by atomic mass is 16.5. The second-order valence-electron chi connectivity index (χ2n) is 6.94. The van der Waals surface area contributed by atoms with Gasteiger partial charge in [-0.2, -0.15) is 5.26 Å². The first kappa shape index (κ1) is 16.6. The zero-order valence-corrected chi connectivity index (χ0v) is 14.4. The summed E-state index contributed by atoms with van der Waals surface area (Å²) < 4.78 is 6.13. The number of benzene rings is 1. The molecule has 132 valence electrons. The lowest BCUT2D eigenvalue weighted by atomic mass is 9.97. The van der Waals surface area contributed by atoms with Gasteiger partial charge < -0.3 is 15.0 Å². The van der Waals surface area contributed by atoms with Gasteiger partial charge in [-0.25, -0.2) is 0 Å². The van der Waals surface area contributed by atoms with E-state index in [2.05, 4.69) is 16.4 Å². The van der Waals surface area contributed by atoms with Crippen LogP contribution in [-0.2, 0) is 4.74 Å². The van der Waals surface area contributed by atoms with Crippen LogP contribution in [0.1, 0.15) is 28.8 Å². The van der Waals surface area contributed by atoms with Gasteiger partial charge in [0.25, 0.3) is 5.91 Å². The average Bonchev–Trinajstić information content (AvgIpc) is 3.28. The Labute approximate surface area is 152 Å². The zero-order valence-electron chi connectivity index (χ0n) is 14.4. The molecule has 6 nitrogen and oxygen atoms in total. The molecule has 1 N–H and O–H groups in total. The summed E-state index contributed by atoms with van der Waals surface area (Å²) in [7, 11) is 0. The summed E-state index contributed by atoms with van der Waals surface area (Å²) in [5.74, 6) is 0.0333. The summed E-state index contributed by atoms with van der Waals surface area (Å²) in [5.41, 5.74) is 1.96. The molecule has 2 aliphatic rings. The molecule has 26 heavy (non-hydrogen) atoms. The Morgan fingerprint density at radius 1 is 1.35 bits per heavy atom. The van der Waals surface area contributed by atoms with Crippen LogP contribution in [0, 0.1) is 11.3 Å². The minimum Gasteiger partial charge on any atom is -0.380 e. The standard InChI is InChI=1S/C20H20N4O2/c21-12-15-2-1-3-17(10-15)23-18-11-20(26-13-18)6-9-24(14-20)19(25)16-4-7-22-8-5-16/h1-5,7-8,10,18,23H,6,9,11,13-14H2/t18-,20+/m0/s1. The third kappa shape index (κ3) is 3.26. The molecule has 0 bridgehead atoms. The number of carbonyl (C=O) groups excluding carboxylic acids is 1. The second kappa shape index (κ2) is 6.77. The highest BCUT2D eigenvalue weighted by molar-refractivity contribution is 5.94. The molecule has 2 aromatic rings. The topological polar surface area (TPSA) is 78.2 Å². The van der Waals surface area contributed by atoms with Crippen molar-refractivity contribution in [3.8, 4) is 6.07 Å². The zero-order chi connectivity index (χ0) is 18.0. The van der Waals surface area contributed by atoms with E-state index in [0.717, 1.165) is 18.5 Å². The lowest BCUT2D eigenvalue weighted by molar-refractivity contribution is 0.0125. The average molecular weight is 348 g/mol. The van der Waals surface area contributed by atoms with E-state index >= 15 is 0 Å². The van der Waals surface area contributed by atoms with E-state index in [1.54, 1.807) is 30.6 Å². The van der Waals surface area contributed by atoms with Crippen LogP contribution >= 0.6 is 0 Å². The molecule has 2 atom stereocenters. The predicted molar refractivity (Wildman–Crippen MR) is 96.6 cm³/mol. The molecule has 2 fully saturated rings. The maximum atomic E-state index is 12.6. The molecule has 1 spiro atoms. The summed E-state index contributed by atoms with van der Waals surface area (Å²) >= 11 is 0. The molecule has 0 aliphatic carbocycles. The monoisotopic (exact) mass is 348 g/mol. The number of nitriles is 1. The Morgan fingerprint density at radius 2 is 2.19 bits per heavy atom. The first-order valence-electron chi connectivity index (χ1n) is 8.77. The molecule has 0 unspecified atom stereocenters. The Bertz CT molecular complexity index is 848. The van der Waals surface area contributed by atoms with E-state index in [9.17, 15) is 4.79 Å². The number of carbonyl (C=O) groups is 1. The van der Waals surface area contributed by atoms with Crippen molar-refractivity contribution in [2.75, 3.05) is 25.0 Å². The summed E-state index contributed by atoms with van der Waals surface area (Å²) in [5, 5.41) is 12.5. The molecule has 3 heterocycles. The fourth-order valence-electron chi connectivity index (χ4n) is 3.83. The number of anilines is 1. The van der Waals surface area contributed by atoms with Gasteiger partial charge in [0.05, 0.1) is 36.4 Å². The smallest absolute Gasteiger partial charge is 0.254 e. The number of pyridine rings is 1. The highest BCUT2D eigenvalue weighted by Gasteiger charge is 2.46. The maximum absolute atomic E-state index is 12.6. The van der Waals surface area contributed by atoms with E-state index in [0.29, 0.717) is 30.8 Å². The third-order valence-electron chi connectivity index (χ3n) is 5.10. The van der Waals surface area contributed by atoms with E-state index in [1.807, 2.05) is 23.1 Å². The number of hydrogen-bond acceptors (Lipinski definition) is 5. The van der Waals surface area contributed by atoms with E-state index in [-0.39, 0.29) is 17.6 Å². The van der Waals surface area contributed by atoms with Crippen molar-refractivity contribution in [3.63, 3.8) is 0 Å². The van der Waals surface area contributed by atoms with Gasteiger partial charge in [-0.15, -0.1) is 0 Å². The van der Waals surface area contributed by atoms with Crippen LogP contribution in [0.3, 0.4) is 0 Å². The van der Waals surface area contributed by atoms with Crippen molar-refractivity contribution in [2.45, 2.75) is 24.5 Å². The number of ether oxygens (including phenoxy) is 1. The SMILES string of the molecule is N#Cc1cccc(N[C@@H]2CO[C@]3(CCN(C(=O)c4ccncc4)C3)C2)c1. The molecule has 2 aliphatic heterocycles. The quantitative estimate of drug-likeness (QED) is 0.922. The minimum absolute atomic E-state index is 0.0333. The lowest BCUT2D eigenvalue weighted by Gasteiger charge is -2.23. The molecule has 2 saturated heterocycles. The molecule has 1 amide bonds. The minimum atomic E-state index is -0.271. The van der Waals surface area contributed by atoms with Crippen molar-refractivity contribution >= 4 is 11.6 Å². The molecule has 1 aromatic carbocycles. The Balaban J connectivity index is 1.39. The first-order chi connectivity index (χ1) is 12.7. The van der Waals surface area contributed by atoms with Gasteiger partial charge in [-0.05, 0) is 36.8 Å². The molecular weight excluding hydrogens is 328 g/mol. The van der Waals surface area contributed by atoms with Crippen molar-refractivity contribution < 1.29 is 9.53 Å². The summed E-state index contributed by atoms with van der Waals surface area (Å²) in [6.07, 6.45) is 4.98. The number of rotatable bonds is 3. The van der Waals surface area contributed by atoms with E-state index < -0.39 is 0 Å². The van der Waals surface area contributed by atoms with E-state index in [4.69, 9.17) is 10.00 Å². The number of amides is 1. The van der Waals surface area contributed by atoms with E-state index in [1.165, 1.54) is 0 Å². The Hall–Kier alpha value is -2.91. The van der Waals surface area contributed by atoms with Crippen molar-refractivity contribution in [2.24, 2.45) is 0 Å². The number of hydrogen-bond donors (Lipinski definition) is 1. The van der Waals surface area contributed by atoms with Gasteiger partial charge in [-0.3, -0.25) is 9.78 Å². The van der Waals surface area contributed by atoms with Crippen molar-refractivity contribution in [3.05, 3.63) is 59.9 Å². The van der Waals surface area contributed by atoms with Gasteiger partial charge in [-0.1, -0.05) is 6.07 Å². The second-order valence-corrected chi connectivity index (χ2v) is 6.94. The third-order valence-corrected chi connectivity index (χ3v) is 5.10. The predicted octanol–water partition coefficient (Wildman–Crippen LogP) is 2.44. The molecular formula is C20H20N4O2. The fourth-order valence-corrected chi connectivity index (χ4v) is 3.83. The molecule has 1 aromatic heterocycles. The van der Waals surface area contributed by atoms with Crippen LogP contribution < -0.4 is 5.32 Å². The first-order valence-corrected chi connectivity index (χ1v) is 8.77. The number of likely N-dealkylation sites (tertiary alicyclic amines) is 1. The van der Waals surface area contributed by atoms with Crippen LogP contribution in [0.4, 0.5) is 5.69 Å². The van der Waals surface area contributed by atoms with Crippen LogP contribution in [0.5, 0.6) is 0 Å². The number of nitrogens with zero attached hydrogens (tertiary/aromatic N) is 3. The lowest BCUT2D eigenvalue weighted by Crippen LogP contribution is -2.36. The van der Waals surface area contributed by atoms with Crippen LogP contribution in [0.15, 0.2) is 48.8 Å². The van der Waals surface area contributed by atoms with Gasteiger partial charge >= 0.3 is 0 Å². The van der Waals surface area contributed by atoms with Crippen LogP contribution in [0.2, 0.25) is 0 Å². The van der Waals surface area contributed by atoms with Gasteiger partial charge in [0.1, 0.15) is 0 Å². The number of nitrogens with one attached hydrogen (secondary N) is 1. The summed E-state index contributed by atoms with van der Waals surface area (Å²) in [4.78, 5) is 18.5. The molecule has 0 radical (unpaired) electrons. The van der Waals surface area contributed by atoms with Gasteiger partial charge in [0.2, 0.25) is 0 Å². The normalized spacial score (nSPS) is 24.6. The molecule has 6 heteroatoms.